The van der Waals surface area contributed by atoms with Gasteiger partial charge in [0.05, 0.1) is 5.25 Å². The van der Waals surface area contributed by atoms with Crippen LogP contribution in [0.5, 0.6) is 0 Å². The molecule has 0 saturated carbocycles. The van der Waals surface area contributed by atoms with Crippen molar-refractivity contribution in [3.8, 4) is 0 Å². The third-order valence-electron chi connectivity index (χ3n) is 2.36. The van der Waals surface area contributed by atoms with E-state index in [1.54, 1.807) is 0 Å². The number of hydrogen-bond acceptors (Lipinski definition) is 4. The molecule has 0 spiro atoms. The number of carboxylic acid groups (broad SMARTS) is 1. The second-order valence-electron chi connectivity index (χ2n) is 3.46. The van der Waals surface area contributed by atoms with E-state index in [1.165, 1.54) is 25.1 Å². The van der Waals surface area contributed by atoms with E-state index in [0.717, 1.165) is 12.2 Å². The average Bonchev–Trinajstić information content (AvgIpc) is 2.30. The summed E-state index contributed by atoms with van der Waals surface area (Å²) in [5, 5.41) is 9.09. The van der Waals surface area contributed by atoms with E-state index in [2.05, 4.69) is 9.97 Å². The summed E-state index contributed by atoms with van der Waals surface area (Å²) in [6.07, 6.45) is 4.99. The number of carboxylic acids is 1. The highest BCUT2D eigenvalue weighted by Gasteiger charge is 2.19. The molecule has 15 heavy (non-hydrogen) atoms. The predicted octanol–water partition coefficient (Wildman–Crippen LogP) is 2.13. The summed E-state index contributed by atoms with van der Waals surface area (Å²) in [5.41, 5.74) is 0.0890. The van der Waals surface area contributed by atoms with Gasteiger partial charge in [-0.25, -0.2) is 14.8 Å². The van der Waals surface area contributed by atoms with Crippen molar-refractivity contribution in [3.63, 3.8) is 0 Å². The van der Waals surface area contributed by atoms with Crippen molar-refractivity contribution < 1.29 is 9.90 Å². The fourth-order valence-electron chi connectivity index (χ4n) is 1.59. The molecule has 0 amide bonds. The SMILES string of the molecule is O=C(O)c1ccnc(C2CCCCS2)n1. The summed E-state index contributed by atoms with van der Waals surface area (Å²) >= 11 is 1.82. The number of carbonyl (C=O) groups is 1. The highest BCUT2D eigenvalue weighted by Crippen LogP contribution is 2.36. The molecule has 1 atom stereocenters. The third kappa shape index (κ3) is 2.47. The third-order valence-corrected chi connectivity index (χ3v) is 3.73. The van der Waals surface area contributed by atoms with E-state index in [4.69, 9.17) is 5.11 Å². The van der Waals surface area contributed by atoms with Crippen LogP contribution in [0.2, 0.25) is 0 Å². The lowest BCUT2D eigenvalue weighted by Crippen LogP contribution is -2.10. The highest BCUT2D eigenvalue weighted by atomic mass is 32.2. The molecule has 4 nitrogen and oxygen atoms in total. The Kier molecular flexibility index (Phi) is 3.20. The predicted molar refractivity (Wildman–Crippen MR) is 58.0 cm³/mol. The molecular formula is C10H12N2O2S. The van der Waals surface area contributed by atoms with Crippen LogP contribution in [0, 0.1) is 0 Å². The Bertz CT molecular complexity index is 364. The Balaban J connectivity index is 2.19. The Morgan fingerprint density at radius 2 is 2.40 bits per heavy atom. The first-order valence-corrected chi connectivity index (χ1v) is 6.00. The molecule has 1 aromatic heterocycles. The first-order valence-electron chi connectivity index (χ1n) is 4.95. The number of aromatic carboxylic acids is 1. The smallest absolute Gasteiger partial charge is 0.354 e. The minimum atomic E-state index is -0.987. The number of rotatable bonds is 2. The fraction of sp³-hybridized carbons (Fsp3) is 0.500. The molecule has 80 valence electrons. The summed E-state index contributed by atoms with van der Waals surface area (Å²) in [5.74, 6) is 0.796. The van der Waals surface area contributed by atoms with Crippen molar-refractivity contribution in [2.75, 3.05) is 5.75 Å². The molecule has 1 aromatic rings. The molecule has 1 aliphatic rings. The summed E-state index contributed by atoms with van der Waals surface area (Å²) in [4.78, 5) is 19.0. The zero-order valence-corrected chi connectivity index (χ0v) is 9.04. The topological polar surface area (TPSA) is 63.1 Å². The first kappa shape index (κ1) is 10.4. The van der Waals surface area contributed by atoms with Crippen molar-refractivity contribution in [2.45, 2.75) is 24.5 Å². The fourth-order valence-corrected chi connectivity index (χ4v) is 2.84. The molecule has 2 heterocycles. The molecule has 1 N–H and O–H groups in total. The van der Waals surface area contributed by atoms with E-state index in [9.17, 15) is 4.79 Å². The van der Waals surface area contributed by atoms with E-state index >= 15 is 0 Å². The molecule has 0 radical (unpaired) electrons. The maximum absolute atomic E-state index is 10.7. The van der Waals surface area contributed by atoms with Crippen LogP contribution in [-0.2, 0) is 0 Å². The van der Waals surface area contributed by atoms with Crippen molar-refractivity contribution in [3.05, 3.63) is 23.8 Å². The van der Waals surface area contributed by atoms with Crippen molar-refractivity contribution in [1.29, 1.82) is 0 Å². The van der Waals surface area contributed by atoms with Gasteiger partial charge in [-0.3, -0.25) is 0 Å². The van der Waals surface area contributed by atoms with Crippen LogP contribution in [-0.4, -0.2) is 26.8 Å². The highest BCUT2D eigenvalue weighted by molar-refractivity contribution is 7.99. The summed E-state index contributed by atoms with van der Waals surface area (Å²) < 4.78 is 0. The Hall–Kier alpha value is -1.10. The molecule has 2 rings (SSSR count). The van der Waals surface area contributed by atoms with Gasteiger partial charge < -0.3 is 5.11 Å². The van der Waals surface area contributed by atoms with Crippen LogP contribution in [0.4, 0.5) is 0 Å². The molecule has 1 saturated heterocycles. The monoisotopic (exact) mass is 224 g/mol. The summed E-state index contributed by atoms with van der Waals surface area (Å²) in [6, 6.07) is 1.43. The standard InChI is InChI=1S/C10H12N2O2S/c13-10(14)7-4-5-11-9(12-7)8-3-1-2-6-15-8/h4-5,8H,1-3,6H2,(H,13,14). The Labute approximate surface area is 92.1 Å². The second kappa shape index (κ2) is 4.61. The van der Waals surface area contributed by atoms with Crippen LogP contribution >= 0.6 is 11.8 Å². The largest absolute Gasteiger partial charge is 0.477 e. The average molecular weight is 224 g/mol. The van der Waals surface area contributed by atoms with E-state index in [-0.39, 0.29) is 10.9 Å². The van der Waals surface area contributed by atoms with Crippen LogP contribution in [0.15, 0.2) is 12.3 Å². The maximum atomic E-state index is 10.7. The lowest BCUT2D eigenvalue weighted by molar-refractivity contribution is 0.0690. The van der Waals surface area contributed by atoms with Gasteiger partial charge in [0.2, 0.25) is 0 Å². The zero-order chi connectivity index (χ0) is 10.7. The van der Waals surface area contributed by atoms with Crippen LogP contribution in [0.3, 0.4) is 0 Å². The lowest BCUT2D eigenvalue weighted by atomic mass is 10.2. The number of nitrogens with zero attached hydrogens (tertiary/aromatic N) is 2. The van der Waals surface area contributed by atoms with Gasteiger partial charge in [-0.2, -0.15) is 11.8 Å². The quantitative estimate of drug-likeness (QED) is 0.833. The van der Waals surface area contributed by atoms with Gasteiger partial charge in [0, 0.05) is 6.20 Å². The molecule has 0 bridgehead atoms. The molecule has 1 unspecified atom stereocenters. The van der Waals surface area contributed by atoms with E-state index in [0.29, 0.717) is 5.82 Å². The van der Waals surface area contributed by atoms with E-state index in [1.807, 2.05) is 11.8 Å². The van der Waals surface area contributed by atoms with Gasteiger partial charge in [-0.1, -0.05) is 6.42 Å². The summed E-state index contributed by atoms with van der Waals surface area (Å²) in [6.45, 7) is 0. The van der Waals surface area contributed by atoms with Crippen LogP contribution in [0.25, 0.3) is 0 Å². The Morgan fingerprint density at radius 1 is 1.53 bits per heavy atom. The normalized spacial score (nSPS) is 21.2. The molecular weight excluding hydrogens is 212 g/mol. The van der Waals surface area contributed by atoms with Crippen molar-refractivity contribution >= 4 is 17.7 Å². The first-order chi connectivity index (χ1) is 7.27. The molecule has 1 fully saturated rings. The van der Waals surface area contributed by atoms with Gasteiger partial charge in [0.15, 0.2) is 5.69 Å². The van der Waals surface area contributed by atoms with Gasteiger partial charge >= 0.3 is 5.97 Å². The Morgan fingerprint density at radius 3 is 3.07 bits per heavy atom. The molecule has 0 aromatic carbocycles. The minimum absolute atomic E-state index is 0.0890. The van der Waals surface area contributed by atoms with Crippen LogP contribution in [0.1, 0.15) is 40.8 Å². The molecule has 0 aliphatic carbocycles. The maximum Gasteiger partial charge on any atom is 0.354 e. The number of thioether (sulfide) groups is 1. The van der Waals surface area contributed by atoms with Gasteiger partial charge in [-0.05, 0) is 24.7 Å². The second-order valence-corrected chi connectivity index (χ2v) is 4.77. The van der Waals surface area contributed by atoms with Gasteiger partial charge in [0.1, 0.15) is 5.82 Å². The summed E-state index contributed by atoms with van der Waals surface area (Å²) in [7, 11) is 0. The molecule has 1 aliphatic heterocycles. The van der Waals surface area contributed by atoms with Crippen molar-refractivity contribution in [1.82, 2.24) is 9.97 Å². The minimum Gasteiger partial charge on any atom is -0.477 e. The number of hydrogen-bond donors (Lipinski definition) is 1. The van der Waals surface area contributed by atoms with Gasteiger partial charge in [-0.15, -0.1) is 0 Å². The lowest BCUT2D eigenvalue weighted by Gasteiger charge is -2.19. The van der Waals surface area contributed by atoms with Crippen molar-refractivity contribution in [2.24, 2.45) is 0 Å². The van der Waals surface area contributed by atoms with Crippen LogP contribution < -0.4 is 0 Å². The molecule has 5 heteroatoms. The number of aromatic nitrogens is 2. The zero-order valence-electron chi connectivity index (χ0n) is 8.22. The van der Waals surface area contributed by atoms with E-state index < -0.39 is 5.97 Å². The van der Waals surface area contributed by atoms with Gasteiger partial charge in [0.25, 0.3) is 0 Å².